The normalized spacial score (nSPS) is 11.7. The Labute approximate surface area is 118 Å². The molecule has 0 aliphatic rings. The summed E-state index contributed by atoms with van der Waals surface area (Å²) in [4.78, 5) is 0. The van der Waals surface area contributed by atoms with Crippen molar-refractivity contribution in [3.63, 3.8) is 0 Å². The average Bonchev–Trinajstić information content (AvgIpc) is 2.78. The van der Waals surface area contributed by atoms with E-state index in [-0.39, 0.29) is 5.69 Å². The SMILES string of the molecule is O=S(=O)(O)OCc1cn(-c2ccc(Cl)c(Cl)c2)nn1. The van der Waals surface area contributed by atoms with Crippen LogP contribution in [0.15, 0.2) is 24.4 Å². The summed E-state index contributed by atoms with van der Waals surface area (Å²) < 4.78 is 34.8. The fourth-order valence-corrected chi connectivity index (χ4v) is 1.82. The van der Waals surface area contributed by atoms with E-state index in [1.165, 1.54) is 10.9 Å². The minimum Gasteiger partial charge on any atom is -0.264 e. The third-order valence-corrected chi connectivity index (χ3v) is 3.22. The van der Waals surface area contributed by atoms with Gasteiger partial charge in [0.2, 0.25) is 0 Å². The third kappa shape index (κ3) is 3.88. The maximum Gasteiger partial charge on any atom is 0.397 e. The van der Waals surface area contributed by atoms with Crippen LogP contribution in [-0.2, 0) is 21.2 Å². The third-order valence-electron chi connectivity index (χ3n) is 2.06. The lowest BCUT2D eigenvalue weighted by atomic mass is 10.3. The molecule has 0 saturated carbocycles. The molecule has 19 heavy (non-hydrogen) atoms. The van der Waals surface area contributed by atoms with Crippen LogP contribution in [0.4, 0.5) is 0 Å². The van der Waals surface area contributed by atoms with E-state index in [0.717, 1.165) is 0 Å². The molecule has 1 heterocycles. The lowest BCUT2D eigenvalue weighted by molar-refractivity contribution is 0.256. The maximum absolute atomic E-state index is 10.4. The molecule has 0 unspecified atom stereocenters. The highest BCUT2D eigenvalue weighted by Crippen LogP contribution is 2.24. The van der Waals surface area contributed by atoms with Gasteiger partial charge in [-0.25, -0.2) is 8.86 Å². The van der Waals surface area contributed by atoms with Gasteiger partial charge in [-0.3, -0.25) is 4.55 Å². The van der Waals surface area contributed by atoms with E-state index < -0.39 is 17.0 Å². The van der Waals surface area contributed by atoms with Gasteiger partial charge in [-0.2, -0.15) is 8.42 Å². The first kappa shape index (κ1) is 14.2. The van der Waals surface area contributed by atoms with Crippen molar-refractivity contribution in [1.82, 2.24) is 15.0 Å². The van der Waals surface area contributed by atoms with Crippen LogP contribution in [0.25, 0.3) is 5.69 Å². The van der Waals surface area contributed by atoms with E-state index >= 15 is 0 Å². The standard InChI is InChI=1S/C9H7Cl2N3O4S/c10-8-2-1-7(3-9(8)11)14-4-6(12-13-14)5-18-19(15,16)17/h1-4H,5H2,(H,15,16,17). The average molecular weight is 324 g/mol. The van der Waals surface area contributed by atoms with Crippen LogP contribution in [-0.4, -0.2) is 28.0 Å². The zero-order chi connectivity index (χ0) is 14.0. The Bertz CT molecular complexity index is 701. The monoisotopic (exact) mass is 323 g/mol. The largest absolute Gasteiger partial charge is 0.397 e. The van der Waals surface area contributed by atoms with E-state index in [1.54, 1.807) is 18.2 Å². The molecule has 0 saturated heterocycles. The Morgan fingerprint density at radius 2 is 2.05 bits per heavy atom. The zero-order valence-corrected chi connectivity index (χ0v) is 11.5. The molecule has 0 fully saturated rings. The van der Waals surface area contributed by atoms with E-state index in [1.807, 2.05) is 0 Å². The molecule has 102 valence electrons. The summed E-state index contributed by atoms with van der Waals surface area (Å²) in [5.41, 5.74) is 0.823. The van der Waals surface area contributed by atoms with Crippen LogP contribution in [0.5, 0.6) is 0 Å². The molecule has 1 N–H and O–H groups in total. The molecule has 1 aromatic carbocycles. The lowest BCUT2D eigenvalue weighted by Gasteiger charge is -2.01. The molecule has 0 bridgehead atoms. The van der Waals surface area contributed by atoms with Crippen molar-refractivity contribution in [2.24, 2.45) is 0 Å². The van der Waals surface area contributed by atoms with Gasteiger partial charge in [-0.15, -0.1) is 5.10 Å². The van der Waals surface area contributed by atoms with Gasteiger partial charge in [0, 0.05) is 0 Å². The summed E-state index contributed by atoms with van der Waals surface area (Å²) in [5, 5.41) is 8.21. The molecule has 0 aliphatic carbocycles. The fourth-order valence-electron chi connectivity index (χ4n) is 1.25. The van der Waals surface area contributed by atoms with Crippen LogP contribution >= 0.6 is 23.2 Å². The number of aromatic nitrogens is 3. The second kappa shape index (κ2) is 5.43. The number of hydrogen-bond donors (Lipinski definition) is 1. The minimum absolute atomic E-state index is 0.226. The van der Waals surface area contributed by atoms with Gasteiger partial charge in [0.05, 0.1) is 21.9 Å². The Hall–Kier alpha value is -1.19. The Morgan fingerprint density at radius 3 is 2.68 bits per heavy atom. The number of halogens is 2. The smallest absolute Gasteiger partial charge is 0.264 e. The minimum atomic E-state index is -4.51. The van der Waals surface area contributed by atoms with Crippen molar-refractivity contribution in [3.8, 4) is 5.69 Å². The van der Waals surface area contributed by atoms with Crippen LogP contribution in [0.3, 0.4) is 0 Å². The molecule has 0 radical (unpaired) electrons. The zero-order valence-electron chi connectivity index (χ0n) is 9.19. The Kier molecular flexibility index (Phi) is 4.07. The Balaban J connectivity index is 2.18. The first-order valence-electron chi connectivity index (χ1n) is 4.83. The van der Waals surface area contributed by atoms with E-state index in [9.17, 15) is 8.42 Å². The topological polar surface area (TPSA) is 94.3 Å². The molecule has 7 nitrogen and oxygen atoms in total. The summed E-state index contributed by atoms with van der Waals surface area (Å²) in [7, 11) is -4.51. The van der Waals surface area contributed by atoms with Crippen LogP contribution in [0.1, 0.15) is 5.69 Å². The van der Waals surface area contributed by atoms with E-state index in [0.29, 0.717) is 15.7 Å². The van der Waals surface area contributed by atoms with Crippen molar-refractivity contribution in [2.45, 2.75) is 6.61 Å². The van der Waals surface area contributed by atoms with E-state index in [4.69, 9.17) is 27.8 Å². The first-order chi connectivity index (χ1) is 8.85. The predicted molar refractivity (Wildman–Crippen MR) is 67.7 cm³/mol. The van der Waals surface area contributed by atoms with Gasteiger partial charge < -0.3 is 0 Å². The summed E-state index contributed by atoms with van der Waals surface area (Å²) in [6.07, 6.45) is 1.44. The second-order valence-electron chi connectivity index (χ2n) is 3.44. The predicted octanol–water partition coefficient (Wildman–Crippen LogP) is 1.89. The van der Waals surface area contributed by atoms with Crippen molar-refractivity contribution in [2.75, 3.05) is 0 Å². The van der Waals surface area contributed by atoms with Gasteiger partial charge in [0.1, 0.15) is 12.3 Å². The molecule has 0 atom stereocenters. The fraction of sp³-hybridized carbons (Fsp3) is 0.111. The van der Waals surface area contributed by atoms with Crippen molar-refractivity contribution < 1.29 is 17.2 Å². The van der Waals surface area contributed by atoms with Crippen LogP contribution < -0.4 is 0 Å². The molecule has 2 aromatic rings. The molecule has 0 aliphatic heterocycles. The molecular weight excluding hydrogens is 317 g/mol. The molecule has 0 amide bonds. The van der Waals surface area contributed by atoms with Crippen molar-refractivity contribution in [1.29, 1.82) is 0 Å². The van der Waals surface area contributed by atoms with Gasteiger partial charge in [-0.1, -0.05) is 28.4 Å². The summed E-state index contributed by atoms with van der Waals surface area (Å²) in [6, 6.07) is 4.83. The molecule has 10 heteroatoms. The summed E-state index contributed by atoms with van der Waals surface area (Å²) >= 11 is 11.6. The molecule has 0 spiro atoms. The number of hydrogen-bond acceptors (Lipinski definition) is 5. The van der Waals surface area contributed by atoms with Crippen molar-refractivity contribution >= 4 is 33.6 Å². The maximum atomic E-state index is 10.4. The van der Waals surface area contributed by atoms with Gasteiger partial charge in [0.15, 0.2) is 0 Å². The highest BCUT2D eigenvalue weighted by molar-refractivity contribution is 7.80. The van der Waals surface area contributed by atoms with E-state index in [2.05, 4.69) is 14.5 Å². The number of benzene rings is 1. The molecular formula is C9H7Cl2N3O4S. The quantitative estimate of drug-likeness (QED) is 0.863. The lowest BCUT2D eigenvalue weighted by Crippen LogP contribution is -2.03. The summed E-state index contributed by atoms with van der Waals surface area (Å²) in [5.74, 6) is 0. The Morgan fingerprint density at radius 1 is 1.32 bits per heavy atom. The number of rotatable bonds is 4. The highest BCUT2D eigenvalue weighted by atomic mass is 35.5. The van der Waals surface area contributed by atoms with Crippen LogP contribution in [0, 0.1) is 0 Å². The molecule has 2 rings (SSSR count). The second-order valence-corrected chi connectivity index (χ2v) is 5.35. The first-order valence-corrected chi connectivity index (χ1v) is 6.96. The number of nitrogens with zero attached hydrogens (tertiary/aromatic N) is 3. The van der Waals surface area contributed by atoms with Crippen molar-refractivity contribution in [3.05, 3.63) is 40.1 Å². The highest BCUT2D eigenvalue weighted by Gasteiger charge is 2.09. The van der Waals surface area contributed by atoms with Gasteiger partial charge in [0.25, 0.3) is 0 Å². The van der Waals surface area contributed by atoms with Gasteiger partial charge in [-0.05, 0) is 18.2 Å². The van der Waals surface area contributed by atoms with Crippen LogP contribution in [0.2, 0.25) is 10.0 Å². The summed E-state index contributed by atoms with van der Waals surface area (Å²) in [6.45, 7) is -0.417. The molecule has 1 aromatic heterocycles. The van der Waals surface area contributed by atoms with Gasteiger partial charge >= 0.3 is 10.4 Å².